The minimum absolute atomic E-state index is 0.0723. The summed E-state index contributed by atoms with van der Waals surface area (Å²) in [5, 5.41) is 10.6. The molecule has 6 heteroatoms. The summed E-state index contributed by atoms with van der Waals surface area (Å²) in [5.74, 6) is 0.427. The largest absolute Gasteiger partial charge is 0.504 e. The quantitative estimate of drug-likeness (QED) is 0.816. The molecule has 1 saturated heterocycles. The molecule has 2 aromatic carbocycles. The minimum Gasteiger partial charge on any atom is -0.504 e. The van der Waals surface area contributed by atoms with Crippen LogP contribution in [0.4, 0.5) is 5.69 Å². The Morgan fingerprint density at radius 2 is 2.00 bits per heavy atom. The van der Waals surface area contributed by atoms with Gasteiger partial charge in [0.25, 0.3) is 5.91 Å². The number of likely N-dealkylation sites (N-methyl/N-ethyl adjacent to an activating group) is 1. The topological polar surface area (TPSA) is 62.1 Å². The molecule has 0 unspecified atom stereocenters. The first kappa shape index (κ1) is 18.1. The van der Waals surface area contributed by atoms with Crippen molar-refractivity contribution in [2.24, 2.45) is 4.99 Å². The highest BCUT2D eigenvalue weighted by atomic mass is 32.2. The van der Waals surface area contributed by atoms with Gasteiger partial charge in [-0.3, -0.25) is 9.69 Å². The van der Waals surface area contributed by atoms with Crippen molar-refractivity contribution in [2.45, 2.75) is 13.8 Å². The average molecular weight is 368 g/mol. The number of carbonyl (C=O) groups is 1. The zero-order valence-corrected chi connectivity index (χ0v) is 15.7. The van der Waals surface area contributed by atoms with Gasteiger partial charge in [-0.15, -0.1) is 0 Å². The van der Waals surface area contributed by atoms with E-state index in [0.29, 0.717) is 27.9 Å². The minimum atomic E-state index is -0.0723. The van der Waals surface area contributed by atoms with E-state index in [4.69, 9.17) is 4.74 Å². The Bertz CT molecular complexity index is 891. The molecule has 0 radical (unpaired) electrons. The van der Waals surface area contributed by atoms with Crippen LogP contribution in [0.3, 0.4) is 0 Å². The normalized spacial score (nSPS) is 17.3. The summed E-state index contributed by atoms with van der Waals surface area (Å²) >= 11 is 1.35. The summed E-state index contributed by atoms with van der Waals surface area (Å²) in [6.45, 7) is 4.27. The van der Waals surface area contributed by atoms with Gasteiger partial charge >= 0.3 is 0 Å². The number of hydrogen-bond acceptors (Lipinski definition) is 5. The fourth-order valence-corrected chi connectivity index (χ4v) is 3.71. The lowest BCUT2D eigenvalue weighted by atomic mass is 10.1. The number of phenols is 1. The molecular formula is C20H20N2O3S. The molecule has 0 bridgehead atoms. The molecule has 1 N–H and O–H groups in total. The second-order valence-corrected chi connectivity index (χ2v) is 6.79. The molecule has 26 heavy (non-hydrogen) atoms. The third-order valence-electron chi connectivity index (χ3n) is 3.99. The van der Waals surface area contributed by atoms with Crippen LogP contribution >= 0.6 is 11.8 Å². The third-order valence-corrected chi connectivity index (χ3v) is 5.00. The Balaban J connectivity index is 1.97. The monoisotopic (exact) mass is 368 g/mol. The van der Waals surface area contributed by atoms with E-state index in [1.165, 1.54) is 18.9 Å². The van der Waals surface area contributed by atoms with E-state index in [9.17, 15) is 9.90 Å². The second-order valence-electron chi connectivity index (χ2n) is 5.78. The van der Waals surface area contributed by atoms with E-state index in [1.54, 1.807) is 24.0 Å². The van der Waals surface area contributed by atoms with Crippen molar-refractivity contribution in [3.8, 4) is 11.5 Å². The first-order valence-electron chi connectivity index (χ1n) is 8.26. The van der Waals surface area contributed by atoms with Gasteiger partial charge in [0, 0.05) is 6.54 Å². The van der Waals surface area contributed by atoms with Crippen LogP contribution in [0.2, 0.25) is 0 Å². The molecule has 2 aromatic rings. The number of aryl methyl sites for hydroxylation is 1. The molecule has 0 aromatic heterocycles. The van der Waals surface area contributed by atoms with Crippen molar-refractivity contribution < 1.29 is 14.6 Å². The Labute approximate surface area is 157 Å². The van der Waals surface area contributed by atoms with Gasteiger partial charge in [-0.25, -0.2) is 4.99 Å². The van der Waals surface area contributed by atoms with Gasteiger partial charge in [-0.1, -0.05) is 18.2 Å². The van der Waals surface area contributed by atoms with Crippen molar-refractivity contribution in [2.75, 3.05) is 13.7 Å². The van der Waals surface area contributed by atoms with Gasteiger partial charge in [0.05, 0.1) is 17.7 Å². The van der Waals surface area contributed by atoms with E-state index in [1.807, 2.05) is 43.3 Å². The molecule has 1 amide bonds. The summed E-state index contributed by atoms with van der Waals surface area (Å²) in [5.41, 5.74) is 2.30. The number of aromatic hydroxyl groups is 1. The summed E-state index contributed by atoms with van der Waals surface area (Å²) < 4.78 is 5.20. The Hall–Kier alpha value is -2.73. The number of benzene rings is 2. The fraction of sp³-hybridized carbons (Fsp3) is 0.200. The molecule has 1 aliphatic rings. The molecule has 5 nitrogen and oxygen atoms in total. The van der Waals surface area contributed by atoms with Gasteiger partial charge in [-0.2, -0.15) is 0 Å². The Morgan fingerprint density at radius 3 is 2.65 bits per heavy atom. The summed E-state index contributed by atoms with van der Waals surface area (Å²) in [7, 11) is 1.50. The number of phenolic OH excluding ortho intramolecular Hbond substituents is 1. The maximum Gasteiger partial charge on any atom is 0.266 e. The van der Waals surface area contributed by atoms with Gasteiger partial charge in [-0.05, 0) is 67.1 Å². The summed E-state index contributed by atoms with van der Waals surface area (Å²) in [6.07, 6.45) is 1.80. The van der Waals surface area contributed by atoms with E-state index in [0.717, 1.165) is 11.3 Å². The molecule has 1 fully saturated rings. The zero-order chi connectivity index (χ0) is 18.7. The average Bonchev–Trinajstić information content (AvgIpc) is 2.93. The number of ether oxygens (including phenoxy) is 1. The van der Waals surface area contributed by atoms with Crippen LogP contribution < -0.4 is 4.74 Å². The van der Waals surface area contributed by atoms with Gasteiger partial charge in [0.15, 0.2) is 16.7 Å². The molecule has 1 aliphatic heterocycles. The predicted octanol–water partition coefficient (Wildman–Crippen LogP) is 4.33. The number of hydrogen-bond donors (Lipinski definition) is 1. The molecule has 1 heterocycles. The first-order chi connectivity index (χ1) is 12.5. The maximum atomic E-state index is 12.7. The van der Waals surface area contributed by atoms with Crippen LogP contribution in [0.25, 0.3) is 6.08 Å². The fourth-order valence-electron chi connectivity index (χ4n) is 2.65. The van der Waals surface area contributed by atoms with Crippen LogP contribution in [0.1, 0.15) is 18.1 Å². The Kier molecular flexibility index (Phi) is 5.32. The van der Waals surface area contributed by atoms with E-state index >= 15 is 0 Å². The number of para-hydroxylation sites is 1. The second kappa shape index (κ2) is 7.66. The number of amidine groups is 1. The number of methoxy groups -OCH3 is 1. The summed E-state index contributed by atoms with van der Waals surface area (Å²) in [4.78, 5) is 19.6. The first-order valence-corrected chi connectivity index (χ1v) is 9.08. The van der Waals surface area contributed by atoms with Crippen molar-refractivity contribution in [3.05, 3.63) is 58.5 Å². The van der Waals surface area contributed by atoms with Crippen LogP contribution in [0, 0.1) is 6.92 Å². The summed E-state index contributed by atoms with van der Waals surface area (Å²) in [6, 6.07) is 13.1. The van der Waals surface area contributed by atoms with Crippen LogP contribution in [-0.2, 0) is 4.79 Å². The van der Waals surface area contributed by atoms with Crippen molar-refractivity contribution in [1.29, 1.82) is 0 Å². The van der Waals surface area contributed by atoms with Crippen LogP contribution in [-0.4, -0.2) is 34.7 Å². The van der Waals surface area contributed by atoms with E-state index < -0.39 is 0 Å². The molecule has 134 valence electrons. The van der Waals surface area contributed by atoms with Crippen LogP contribution in [0.5, 0.6) is 11.5 Å². The predicted molar refractivity (Wildman–Crippen MR) is 106 cm³/mol. The maximum absolute atomic E-state index is 12.7. The van der Waals surface area contributed by atoms with Crippen LogP contribution in [0.15, 0.2) is 52.4 Å². The highest BCUT2D eigenvalue weighted by molar-refractivity contribution is 8.18. The zero-order valence-electron chi connectivity index (χ0n) is 14.9. The number of nitrogens with zero attached hydrogens (tertiary/aromatic N) is 2. The lowest BCUT2D eigenvalue weighted by molar-refractivity contribution is -0.122. The molecular weight excluding hydrogens is 348 g/mol. The van der Waals surface area contributed by atoms with E-state index in [-0.39, 0.29) is 11.7 Å². The Morgan fingerprint density at radius 1 is 1.27 bits per heavy atom. The van der Waals surface area contributed by atoms with E-state index in [2.05, 4.69) is 4.99 Å². The number of rotatable bonds is 4. The standard InChI is InChI=1S/C20H20N2O3S/c1-4-22-19(24)17(26-20(22)21-15-8-6-5-7-9-15)12-14-10-13(2)18(23)16(11-14)25-3/h5-12,23H,4H2,1-3H3. The molecule has 0 atom stereocenters. The molecule has 0 saturated carbocycles. The number of amides is 1. The number of aliphatic imine (C=N–C) groups is 1. The molecule has 0 spiro atoms. The number of carbonyl (C=O) groups excluding carboxylic acids is 1. The SMILES string of the molecule is CCN1C(=O)C(=Cc2cc(C)c(O)c(OC)c2)SC1=Nc1ccccc1. The van der Waals surface area contributed by atoms with Crippen molar-refractivity contribution in [1.82, 2.24) is 4.90 Å². The molecule has 3 rings (SSSR count). The highest BCUT2D eigenvalue weighted by Crippen LogP contribution is 2.36. The lowest BCUT2D eigenvalue weighted by Gasteiger charge is -2.12. The van der Waals surface area contributed by atoms with Gasteiger partial charge in [0.1, 0.15) is 0 Å². The van der Waals surface area contributed by atoms with Gasteiger partial charge in [0.2, 0.25) is 0 Å². The van der Waals surface area contributed by atoms with Gasteiger partial charge < -0.3 is 9.84 Å². The van der Waals surface area contributed by atoms with Crippen molar-refractivity contribution in [3.63, 3.8) is 0 Å². The highest BCUT2D eigenvalue weighted by Gasteiger charge is 2.32. The lowest BCUT2D eigenvalue weighted by Crippen LogP contribution is -2.28. The number of thioether (sulfide) groups is 1. The molecule has 0 aliphatic carbocycles. The van der Waals surface area contributed by atoms with Crippen molar-refractivity contribution >= 4 is 34.6 Å². The third kappa shape index (κ3) is 3.60. The smallest absolute Gasteiger partial charge is 0.266 e.